The zero-order chi connectivity index (χ0) is 23.7. The number of benzene rings is 4. The lowest BCUT2D eigenvalue weighted by Gasteiger charge is -2.25. The number of fused-ring (bicyclic) bond motifs is 4. The predicted octanol–water partition coefficient (Wildman–Crippen LogP) is 4.07. The highest BCUT2D eigenvalue weighted by Gasteiger charge is 2.37. The lowest BCUT2D eigenvalue weighted by Crippen LogP contribution is -2.25. The SMILES string of the molecule is Nc1ccc(-c2ccc(N)c3c2C(=O)c2ccccc2C3=O)c2c1C(=O)c1ccccc1C2=O. The van der Waals surface area contributed by atoms with Crippen molar-refractivity contribution in [2.24, 2.45) is 0 Å². The van der Waals surface area contributed by atoms with Crippen LogP contribution in [0.2, 0.25) is 0 Å². The Morgan fingerprint density at radius 2 is 0.647 bits per heavy atom. The molecule has 4 aromatic carbocycles. The van der Waals surface area contributed by atoms with Crippen LogP contribution >= 0.6 is 0 Å². The van der Waals surface area contributed by atoms with Gasteiger partial charge in [0.05, 0.1) is 11.1 Å². The summed E-state index contributed by atoms with van der Waals surface area (Å²) in [6.07, 6.45) is 0. The Kier molecular flexibility index (Phi) is 3.98. The van der Waals surface area contributed by atoms with Gasteiger partial charge in [0.2, 0.25) is 0 Å². The lowest BCUT2D eigenvalue weighted by molar-refractivity contribution is 0.0978. The van der Waals surface area contributed by atoms with E-state index in [1.165, 1.54) is 0 Å². The third kappa shape index (κ3) is 2.45. The highest BCUT2D eigenvalue weighted by Crippen LogP contribution is 2.42. The average molecular weight is 444 g/mol. The Morgan fingerprint density at radius 1 is 0.353 bits per heavy atom. The molecule has 6 heteroatoms. The summed E-state index contributed by atoms with van der Waals surface area (Å²) in [5, 5.41) is 0. The van der Waals surface area contributed by atoms with E-state index in [1.807, 2.05) is 0 Å². The van der Waals surface area contributed by atoms with Crippen molar-refractivity contribution in [3.05, 3.63) is 117 Å². The number of carbonyl (C=O) groups is 4. The van der Waals surface area contributed by atoms with Crippen LogP contribution in [0.5, 0.6) is 0 Å². The summed E-state index contributed by atoms with van der Waals surface area (Å²) in [5.74, 6) is -1.45. The summed E-state index contributed by atoms with van der Waals surface area (Å²) < 4.78 is 0. The van der Waals surface area contributed by atoms with Gasteiger partial charge in [0.15, 0.2) is 23.1 Å². The maximum absolute atomic E-state index is 13.6. The average Bonchev–Trinajstić information content (AvgIpc) is 2.86. The number of nitrogen functional groups attached to an aromatic ring is 2. The van der Waals surface area contributed by atoms with Crippen molar-refractivity contribution in [3.8, 4) is 11.1 Å². The molecule has 0 saturated heterocycles. The van der Waals surface area contributed by atoms with Crippen LogP contribution in [-0.4, -0.2) is 23.1 Å². The largest absolute Gasteiger partial charge is 0.398 e. The van der Waals surface area contributed by atoms with Crippen molar-refractivity contribution in [1.82, 2.24) is 0 Å². The van der Waals surface area contributed by atoms with Crippen LogP contribution in [0.3, 0.4) is 0 Å². The molecule has 0 heterocycles. The molecule has 6 rings (SSSR count). The first-order chi connectivity index (χ1) is 16.4. The van der Waals surface area contributed by atoms with Crippen LogP contribution in [0.15, 0.2) is 72.8 Å². The van der Waals surface area contributed by atoms with Crippen molar-refractivity contribution >= 4 is 34.5 Å². The molecule has 0 unspecified atom stereocenters. The maximum Gasteiger partial charge on any atom is 0.196 e. The number of ketones is 4. The van der Waals surface area contributed by atoms with E-state index in [-0.39, 0.29) is 79.0 Å². The molecular formula is C28H16N2O4. The molecule has 2 aliphatic carbocycles. The second-order valence-corrected chi connectivity index (χ2v) is 8.31. The molecule has 0 amide bonds. The molecule has 2 aliphatic rings. The minimum Gasteiger partial charge on any atom is -0.398 e. The molecule has 0 atom stereocenters. The molecule has 0 aromatic heterocycles. The van der Waals surface area contributed by atoms with Gasteiger partial charge in [-0.15, -0.1) is 0 Å². The second kappa shape index (κ2) is 6.83. The van der Waals surface area contributed by atoms with Crippen LogP contribution in [0.4, 0.5) is 11.4 Å². The molecule has 34 heavy (non-hydrogen) atoms. The van der Waals surface area contributed by atoms with E-state index >= 15 is 0 Å². The molecule has 4 aromatic rings. The Morgan fingerprint density at radius 3 is 0.971 bits per heavy atom. The Bertz CT molecular complexity index is 1530. The van der Waals surface area contributed by atoms with E-state index in [4.69, 9.17) is 11.5 Å². The summed E-state index contributed by atoms with van der Waals surface area (Å²) in [6, 6.07) is 19.4. The van der Waals surface area contributed by atoms with Gasteiger partial charge in [0.1, 0.15) is 0 Å². The predicted molar refractivity (Wildman–Crippen MR) is 127 cm³/mol. The summed E-state index contributed by atoms with van der Waals surface area (Å²) >= 11 is 0. The molecule has 0 aliphatic heterocycles. The van der Waals surface area contributed by atoms with Crippen molar-refractivity contribution in [1.29, 1.82) is 0 Å². The van der Waals surface area contributed by atoms with Crippen LogP contribution in [-0.2, 0) is 0 Å². The molecule has 0 bridgehead atoms. The van der Waals surface area contributed by atoms with Crippen LogP contribution in [0.25, 0.3) is 11.1 Å². The van der Waals surface area contributed by atoms with Gasteiger partial charge < -0.3 is 11.5 Å². The molecule has 0 fully saturated rings. The van der Waals surface area contributed by atoms with Gasteiger partial charge >= 0.3 is 0 Å². The minimum absolute atomic E-state index is 0.0989. The van der Waals surface area contributed by atoms with Gasteiger partial charge in [-0.3, -0.25) is 19.2 Å². The Labute approximate surface area is 193 Å². The van der Waals surface area contributed by atoms with Gasteiger partial charge in [-0.25, -0.2) is 0 Å². The summed E-state index contributed by atoms with van der Waals surface area (Å²) in [4.78, 5) is 53.8. The van der Waals surface area contributed by atoms with Crippen molar-refractivity contribution < 1.29 is 19.2 Å². The smallest absolute Gasteiger partial charge is 0.196 e. The van der Waals surface area contributed by atoms with Crippen LogP contribution in [0, 0.1) is 0 Å². The van der Waals surface area contributed by atoms with Crippen molar-refractivity contribution in [2.75, 3.05) is 11.5 Å². The number of carbonyl (C=O) groups excluding carboxylic acids is 4. The molecule has 4 N–H and O–H groups in total. The fraction of sp³-hybridized carbons (Fsp3) is 0. The maximum atomic E-state index is 13.6. The Hall–Kier alpha value is -4.84. The first kappa shape index (κ1) is 19.8. The third-order valence-corrected chi connectivity index (χ3v) is 6.51. The fourth-order valence-corrected chi connectivity index (χ4v) is 4.94. The number of anilines is 2. The van der Waals surface area contributed by atoms with Gasteiger partial charge in [-0.2, -0.15) is 0 Å². The van der Waals surface area contributed by atoms with E-state index < -0.39 is 0 Å². The van der Waals surface area contributed by atoms with Gasteiger partial charge in [-0.1, -0.05) is 60.7 Å². The fourth-order valence-electron chi connectivity index (χ4n) is 4.94. The molecule has 0 saturated carbocycles. The van der Waals surface area contributed by atoms with Crippen molar-refractivity contribution in [2.45, 2.75) is 0 Å². The zero-order valence-corrected chi connectivity index (χ0v) is 17.7. The topological polar surface area (TPSA) is 120 Å². The molecular weight excluding hydrogens is 428 g/mol. The van der Waals surface area contributed by atoms with Gasteiger partial charge in [0, 0.05) is 44.8 Å². The monoisotopic (exact) mass is 444 g/mol. The summed E-state index contributed by atoms with van der Waals surface area (Å²) in [7, 11) is 0. The highest BCUT2D eigenvalue weighted by atomic mass is 16.1. The van der Waals surface area contributed by atoms with Crippen LogP contribution < -0.4 is 11.5 Å². The van der Waals surface area contributed by atoms with E-state index in [1.54, 1.807) is 72.8 Å². The number of nitrogens with two attached hydrogens (primary N) is 2. The standard InChI is InChI=1S/C28H16N2O4/c29-19-11-9-13(21-23(19)27(33)17-7-3-1-5-15(17)25(21)31)14-10-12-20(30)24-22(14)26(32)16-6-2-4-8-18(16)28(24)34/h1-12H,29-30H2. The van der Waals surface area contributed by atoms with E-state index in [0.29, 0.717) is 11.1 Å². The summed E-state index contributed by atoms with van der Waals surface area (Å²) in [5.41, 5.74) is 14.9. The number of rotatable bonds is 1. The van der Waals surface area contributed by atoms with E-state index in [2.05, 4.69) is 0 Å². The quantitative estimate of drug-likeness (QED) is 0.369. The lowest BCUT2D eigenvalue weighted by atomic mass is 9.76. The molecule has 0 spiro atoms. The second-order valence-electron chi connectivity index (χ2n) is 8.31. The van der Waals surface area contributed by atoms with E-state index in [9.17, 15) is 19.2 Å². The van der Waals surface area contributed by atoms with E-state index in [0.717, 1.165) is 0 Å². The first-order valence-corrected chi connectivity index (χ1v) is 10.6. The minimum atomic E-state index is -0.368. The van der Waals surface area contributed by atoms with Crippen LogP contribution in [0.1, 0.15) is 63.7 Å². The Balaban J connectivity index is 1.68. The first-order valence-electron chi connectivity index (χ1n) is 10.6. The molecule has 162 valence electrons. The summed E-state index contributed by atoms with van der Waals surface area (Å²) in [6.45, 7) is 0. The zero-order valence-electron chi connectivity index (χ0n) is 17.7. The molecule has 0 radical (unpaired) electrons. The highest BCUT2D eigenvalue weighted by molar-refractivity contribution is 6.34. The van der Waals surface area contributed by atoms with Gasteiger partial charge in [0.25, 0.3) is 0 Å². The number of hydrogen-bond acceptors (Lipinski definition) is 6. The van der Waals surface area contributed by atoms with Crippen molar-refractivity contribution in [3.63, 3.8) is 0 Å². The van der Waals surface area contributed by atoms with Gasteiger partial charge in [-0.05, 0) is 23.3 Å². The normalized spacial score (nSPS) is 13.8. The molecule has 6 nitrogen and oxygen atoms in total. The third-order valence-electron chi connectivity index (χ3n) is 6.51. The number of hydrogen-bond donors (Lipinski definition) is 2.